The second kappa shape index (κ2) is 11.3. The van der Waals surface area contributed by atoms with Crippen molar-refractivity contribution < 1.29 is 18.9 Å². The number of halogens is 2. The second-order valence-corrected chi connectivity index (χ2v) is 9.97. The quantitative estimate of drug-likeness (QED) is 0.334. The van der Waals surface area contributed by atoms with Gasteiger partial charge in [-0.25, -0.2) is 4.39 Å². The first-order valence-electron chi connectivity index (χ1n) is 12.7. The van der Waals surface area contributed by atoms with Gasteiger partial charge in [0.05, 0.1) is 21.9 Å². The molecule has 0 radical (unpaired) electrons. The van der Waals surface area contributed by atoms with Gasteiger partial charge in [0.25, 0.3) is 17.5 Å². The Labute approximate surface area is 229 Å². The summed E-state index contributed by atoms with van der Waals surface area (Å²) in [5.41, 5.74) is 1.76. The highest BCUT2D eigenvalue weighted by atomic mass is 35.5. The van der Waals surface area contributed by atoms with Crippen molar-refractivity contribution >= 4 is 46.2 Å². The average Bonchev–Trinajstić information content (AvgIpc) is 3.48. The van der Waals surface area contributed by atoms with Crippen LogP contribution in [0.15, 0.2) is 60.7 Å². The number of nitrogens with zero attached hydrogens (tertiary/aromatic N) is 4. The van der Waals surface area contributed by atoms with Gasteiger partial charge in [0.15, 0.2) is 0 Å². The molecule has 0 unspecified atom stereocenters. The Morgan fingerprint density at radius 1 is 0.872 bits per heavy atom. The number of piperazine rings is 1. The van der Waals surface area contributed by atoms with Crippen molar-refractivity contribution in [2.45, 2.75) is 12.8 Å². The lowest BCUT2D eigenvalue weighted by Gasteiger charge is -2.37. The van der Waals surface area contributed by atoms with E-state index < -0.39 is 16.6 Å². The molecular formula is C28H27ClFN5O4. The van der Waals surface area contributed by atoms with Crippen molar-refractivity contribution in [3.05, 3.63) is 92.7 Å². The second-order valence-electron chi connectivity index (χ2n) is 9.53. The minimum Gasteiger partial charge on any atom is -0.366 e. The Bertz CT molecular complexity index is 1420. The fourth-order valence-electron chi connectivity index (χ4n) is 5.07. The molecule has 2 aliphatic rings. The first kappa shape index (κ1) is 26.4. The summed E-state index contributed by atoms with van der Waals surface area (Å²) in [5.74, 6) is -1.42. The first-order chi connectivity index (χ1) is 18.8. The molecule has 0 saturated carbocycles. The SMILES string of the molecule is O=C(Nc1cc(Cl)ccc1N1CCN(C(=O)c2ccccc2F)CC1)c1ccc(N2CCCC2)c([N+](=O)[O-])c1. The van der Waals surface area contributed by atoms with Gasteiger partial charge < -0.3 is 20.0 Å². The minimum atomic E-state index is -0.554. The number of anilines is 3. The van der Waals surface area contributed by atoms with E-state index in [1.807, 2.05) is 9.80 Å². The summed E-state index contributed by atoms with van der Waals surface area (Å²) in [6, 6.07) is 15.5. The number of hydrogen-bond donors (Lipinski definition) is 1. The van der Waals surface area contributed by atoms with Crippen molar-refractivity contribution in [1.29, 1.82) is 0 Å². The molecule has 0 aromatic heterocycles. The molecule has 2 amide bonds. The molecule has 11 heteroatoms. The lowest BCUT2D eigenvalue weighted by Crippen LogP contribution is -2.49. The zero-order chi connectivity index (χ0) is 27.5. The van der Waals surface area contributed by atoms with Gasteiger partial charge in [0, 0.05) is 55.9 Å². The van der Waals surface area contributed by atoms with Gasteiger partial charge in [-0.05, 0) is 55.3 Å². The highest BCUT2D eigenvalue weighted by Gasteiger charge is 2.27. The average molecular weight is 552 g/mol. The molecule has 1 N–H and O–H groups in total. The lowest BCUT2D eigenvalue weighted by atomic mass is 10.1. The topological polar surface area (TPSA) is 99.0 Å². The van der Waals surface area contributed by atoms with Crippen LogP contribution in [0, 0.1) is 15.9 Å². The first-order valence-corrected chi connectivity index (χ1v) is 13.1. The largest absolute Gasteiger partial charge is 0.366 e. The smallest absolute Gasteiger partial charge is 0.293 e. The number of rotatable bonds is 6. The van der Waals surface area contributed by atoms with Gasteiger partial charge >= 0.3 is 0 Å². The van der Waals surface area contributed by atoms with E-state index in [0.717, 1.165) is 25.9 Å². The third-order valence-electron chi connectivity index (χ3n) is 7.10. The minimum absolute atomic E-state index is 0.0373. The Balaban J connectivity index is 1.32. The van der Waals surface area contributed by atoms with E-state index in [9.17, 15) is 24.1 Å². The third kappa shape index (κ3) is 5.65. The lowest BCUT2D eigenvalue weighted by molar-refractivity contribution is -0.384. The third-order valence-corrected chi connectivity index (χ3v) is 7.33. The van der Waals surface area contributed by atoms with E-state index in [2.05, 4.69) is 5.32 Å². The van der Waals surface area contributed by atoms with Gasteiger partial charge in [-0.2, -0.15) is 0 Å². The van der Waals surface area contributed by atoms with E-state index in [-0.39, 0.29) is 22.7 Å². The summed E-state index contributed by atoms with van der Waals surface area (Å²) < 4.78 is 14.1. The van der Waals surface area contributed by atoms with Gasteiger partial charge in [-0.1, -0.05) is 23.7 Å². The molecule has 3 aromatic carbocycles. The highest BCUT2D eigenvalue weighted by molar-refractivity contribution is 6.31. The molecular weight excluding hydrogens is 525 g/mol. The van der Waals surface area contributed by atoms with E-state index in [1.165, 1.54) is 18.2 Å². The van der Waals surface area contributed by atoms with Crippen LogP contribution in [0.25, 0.3) is 0 Å². The molecule has 0 aliphatic carbocycles. The number of benzene rings is 3. The normalized spacial score (nSPS) is 15.4. The Morgan fingerprint density at radius 2 is 1.54 bits per heavy atom. The van der Waals surface area contributed by atoms with E-state index in [1.54, 1.807) is 47.4 Å². The Morgan fingerprint density at radius 3 is 2.23 bits per heavy atom. The summed E-state index contributed by atoms with van der Waals surface area (Å²) in [4.78, 5) is 42.9. The summed E-state index contributed by atoms with van der Waals surface area (Å²) in [7, 11) is 0. The number of carbonyl (C=O) groups excluding carboxylic acids is 2. The molecule has 2 saturated heterocycles. The number of hydrogen-bond acceptors (Lipinski definition) is 6. The van der Waals surface area contributed by atoms with Crippen LogP contribution in [-0.4, -0.2) is 60.9 Å². The maximum atomic E-state index is 14.1. The number of nitro benzene ring substituents is 1. The Kier molecular flexibility index (Phi) is 7.65. The standard InChI is InChI=1S/C28H27ClFN5O4/c29-20-8-10-24(33-13-15-34(16-14-33)28(37)21-5-1-2-6-22(21)30)23(18-20)31-27(36)19-7-9-25(26(17-19)35(38)39)32-11-3-4-12-32/h1-2,5-10,17-18H,3-4,11-16H2,(H,31,36). The summed E-state index contributed by atoms with van der Waals surface area (Å²) >= 11 is 6.24. The number of carbonyl (C=O) groups is 2. The van der Waals surface area contributed by atoms with Crippen LogP contribution in [0.4, 0.5) is 27.1 Å². The molecule has 2 aliphatic heterocycles. The summed E-state index contributed by atoms with van der Waals surface area (Å²) in [6.07, 6.45) is 1.95. The van der Waals surface area contributed by atoms with Crippen LogP contribution in [0.2, 0.25) is 5.02 Å². The number of amides is 2. The molecule has 3 aromatic rings. The molecule has 202 valence electrons. The maximum Gasteiger partial charge on any atom is 0.293 e. The van der Waals surface area contributed by atoms with Crippen LogP contribution in [0.5, 0.6) is 0 Å². The van der Waals surface area contributed by atoms with Gasteiger partial charge in [-0.15, -0.1) is 0 Å². The summed E-state index contributed by atoms with van der Waals surface area (Å²) in [5, 5.41) is 15.0. The summed E-state index contributed by atoms with van der Waals surface area (Å²) in [6.45, 7) is 3.15. The van der Waals surface area contributed by atoms with E-state index in [4.69, 9.17) is 11.6 Å². The highest BCUT2D eigenvalue weighted by Crippen LogP contribution is 2.34. The van der Waals surface area contributed by atoms with Crippen LogP contribution in [0.3, 0.4) is 0 Å². The van der Waals surface area contributed by atoms with Crippen LogP contribution < -0.4 is 15.1 Å². The molecule has 0 atom stereocenters. The van der Waals surface area contributed by atoms with Crippen LogP contribution in [0.1, 0.15) is 33.6 Å². The van der Waals surface area contributed by atoms with Crippen molar-refractivity contribution in [2.24, 2.45) is 0 Å². The molecule has 39 heavy (non-hydrogen) atoms. The predicted octanol–water partition coefficient (Wildman–Crippen LogP) is 5.20. The van der Waals surface area contributed by atoms with Gasteiger partial charge in [0.2, 0.25) is 0 Å². The molecule has 5 rings (SSSR count). The fourth-order valence-corrected chi connectivity index (χ4v) is 5.24. The van der Waals surface area contributed by atoms with Crippen LogP contribution in [-0.2, 0) is 0 Å². The Hall–Kier alpha value is -4.18. The monoisotopic (exact) mass is 551 g/mol. The zero-order valence-corrected chi connectivity index (χ0v) is 21.9. The van der Waals surface area contributed by atoms with Crippen molar-refractivity contribution in [3.8, 4) is 0 Å². The van der Waals surface area contributed by atoms with Crippen molar-refractivity contribution in [3.63, 3.8) is 0 Å². The molecule has 0 spiro atoms. The van der Waals surface area contributed by atoms with Gasteiger partial charge in [-0.3, -0.25) is 19.7 Å². The van der Waals surface area contributed by atoms with E-state index >= 15 is 0 Å². The maximum absolute atomic E-state index is 14.1. The van der Waals surface area contributed by atoms with Crippen molar-refractivity contribution in [2.75, 3.05) is 54.4 Å². The fraction of sp³-hybridized carbons (Fsp3) is 0.286. The molecule has 2 fully saturated rings. The number of nitrogens with one attached hydrogen (secondary N) is 1. The molecule has 0 bridgehead atoms. The number of nitro groups is 1. The molecule has 2 heterocycles. The predicted molar refractivity (Wildman–Crippen MR) is 148 cm³/mol. The van der Waals surface area contributed by atoms with E-state index in [0.29, 0.717) is 48.3 Å². The zero-order valence-electron chi connectivity index (χ0n) is 21.1. The van der Waals surface area contributed by atoms with Crippen molar-refractivity contribution in [1.82, 2.24) is 4.90 Å². The molecule has 9 nitrogen and oxygen atoms in total. The van der Waals surface area contributed by atoms with Crippen LogP contribution >= 0.6 is 11.6 Å². The van der Waals surface area contributed by atoms with Gasteiger partial charge in [0.1, 0.15) is 11.5 Å².